The molecule has 0 bridgehead atoms. The first-order valence-corrected chi connectivity index (χ1v) is 14.7. The van der Waals surface area contributed by atoms with E-state index in [-0.39, 0.29) is 72.0 Å². The van der Waals surface area contributed by atoms with Crippen LogP contribution in [-0.2, 0) is 4.79 Å². The number of phenols is 1. The molecule has 2 aliphatic rings. The summed E-state index contributed by atoms with van der Waals surface area (Å²) < 4.78 is 50.2. The van der Waals surface area contributed by atoms with Crippen molar-refractivity contribution in [2.45, 2.75) is 45.6 Å². The molecule has 4 heterocycles. The number of piperazine rings is 1. The van der Waals surface area contributed by atoms with Gasteiger partial charge in [-0.1, -0.05) is 40.3 Å². The monoisotopic (exact) mass is 619 g/mol. The van der Waals surface area contributed by atoms with Gasteiger partial charge in [0, 0.05) is 26.2 Å². The van der Waals surface area contributed by atoms with Gasteiger partial charge in [0.2, 0.25) is 5.91 Å². The van der Waals surface area contributed by atoms with Gasteiger partial charge in [-0.25, -0.2) is 27.9 Å². The maximum Gasteiger partial charge on any atom is 0.354 e. The first-order chi connectivity index (χ1) is 21.5. The zero-order valence-electron chi connectivity index (χ0n) is 25.2. The van der Waals surface area contributed by atoms with Crippen LogP contribution in [0.15, 0.2) is 42.0 Å². The fraction of sp³-hybridized carbons (Fsp3) is 0.344. The number of anilines is 2. The maximum atomic E-state index is 17.2. The van der Waals surface area contributed by atoms with Crippen molar-refractivity contribution in [2.24, 2.45) is 0 Å². The van der Waals surface area contributed by atoms with Crippen molar-refractivity contribution in [3.05, 3.63) is 76.5 Å². The lowest BCUT2D eigenvalue weighted by Gasteiger charge is -2.41. The minimum absolute atomic E-state index is 0.0260. The minimum Gasteiger partial charge on any atom is -0.507 e. The second-order valence-electron chi connectivity index (χ2n) is 11.8. The number of amides is 1. The molecule has 0 radical (unpaired) electrons. The Kier molecular flexibility index (Phi) is 7.50. The molecule has 45 heavy (non-hydrogen) atoms. The molecule has 6 rings (SSSR count). The van der Waals surface area contributed by atoms with Gasteiger partial charge in [-0.3, -0.25) is 9.36 Å². The van der Waals surface area contributed by atoms with E-state index >= 15 is 13.2 Å². The van der Waals surface area contributed by atoms with Crippen molar-refractivity contribution >= 4 is 28.3 Å². The molecule has 4 aromatic rings. The molecule has 0 spiro atoms. The van der Waals surface area contributed by atoms with E-state index in [1.165, 1.54) is 18.5 Å². The largest absolute Gasteiger partial charge is 0.507 e. The van der Waals surface area contributed by atoms with Gasteiger partial charge in [-0.2, -0.15) is 4.98 Å². The van der Waals surface area contributed by atoms with E-state index < -0.39 is 46.1 Å². The predicted octanol–water partition coefficient (Wildman–Crippen LogP) is 4.84. The van der Waals surface area contributed by atoms with Crippen LogP contribution in [0.5, 0.6) is 5.75 Å². The summed E-state index contributed by atoms with van der Waals surface area (Å²) in [5.74, 6) is -4.90. The van der Waals surface area contributed by atoms with Crippen LogP contribution < -0.4 is 15.9 Å². The third-order valence-electron chi connectivity index (χ3n) is 8.39. The molecular formula is C32H32F3N7O3. The Labute approximate surface area is 256 Å². The van der Waals surface area contributed by atoms with Gasteiger partial charge in [-0.05, 0) is 30.0 Å². The highest BCUT2D eigenvalue weighted by Crippen LogP contribution is 2.46. The van der Waals surface area contributed by atoms with Gasteiger partial charge in [0.1, 0.15) is 29.2 Å². The van der Waals surface area contributed by atoms with Gasteiger partial charge >= 0.3 is 5.69 Å². The summed E-state index contributed by atoms with van der Waals surface area (Å²) in [6.07, 6.45) is 2.58. The zero-order chi connectivity index (χ0) is 32.3. The van der Waals surface area contributed by atoms with E-state index in [1.807, 2.05) is 27.7 Å². The third kappa shape index (κ3) is 4.68. The smallest absolute Gasteiger partial charge is 0.354 e. The second kappa shape index (κ2) is 11.2. The number of nitrogens with zero attached hydrogens (tertiary/aromatic N) is 6. The molecule has 1 unspecified atom stereocenters. The molecule has 1 fully saturated rings. The Morgan fingerprint density at radius 1 is 1.07 bits per heavy atom. The van der Waals surface area contributed by atoms with Crippen molar-refractivity contribution in [3.8, 4) is 22.6 Å². The van der Waals surface area contributed by atoms with Gasteiger partial charge in [0.15, 0.2) is 11.6 Å². The summed E-state index contributed by atoms with van der Waals surface area (Å²) in [5.41, 5.74) is -1.92. The number of aromatic hydroxyl groups is 1. The van der Waals surface area contributed by atoms with Crippen molar-refractivity contribution in [1.29, 1.82) is 0 Å². The van der Waals surface area contributed by atoms with E-state index in [2.05, 4.69) is 26.8 Å². The zero-order valence-corrected chi connectivity index (χ0v) is 25.2. The summed E-state index contributed by atoms with van der Waals surface area (Å²) >= 11 is 0. The first kappa shape index (κ1) is 30.1. The van der Waals surface area contributed by atoms with Crippen molar-refractivity contribution in [1.82, 2.24) is 24.4 Å². The van der Waals surface area contributed by atoms with Gasteiger partial charge < -0.3 is 20.2 Å². The number of phenolic OH excluding ortho intramolecular Hbond substituents is 1. The van der Waals surface area contributed by atoms with Crippen LogP contribution >= 0.6 is 0 Å². The van der Waals surface area contributed by atoms with E-state index in [0.717, 1.165) is 16.7 Å². The lowest BCUT2D eigenvalue weighted by molar-refractivity contribution is -0.126. The quantitative estimate of drug-likeness (QED) is 0.305. The molecule has 2 aromatic heterocycles. The van der Waals surface area contributed by atoms with Gasteiger partial charge in [0.05, 0.1) is 45.3 Å². The van der Waals surface area contributed by atoms with Crippen molar-refractivity contribution in [3.63, 3.8) is 0 Å². The fourth-order valence-electron chi connectivity index (χ4n) is 6.30. The Morgan fingerprint density at radius 3 is 2.38 bits per heavy atom. The molecule has 2 aromatic carbocycles. The van der Waals surface area contributed by atoms with Crippen LogP contribution in [0.3, 0.4) is 0 Å². The highest BCUT2D eigenvalue weighted by atomic mass is 19.1. The standard InChI is InChI=1S/C32H32F3N7O3/c1-6-20(44)40-10-11-41-17(13-40)12-36-28-23-29(25(35)22(24(28)34)21-18(33)8-7-9-19(21)43)42(32(45)39-31(23)41)30-26(15(2)3)37-14-38-27(30)16(4)5/h6-9,14-17,36,43H,1,10-13H2,2-5H3. The van der Waals surface area contributed by atoms with E-state index in [1.54, 1.807) is 9.80 Å². The van der Waals surface area contributed by atoms with Crippen LogP contribution in [0.2, 0.25) is 0 Å². The summed E-state index contributed by atoms with van der Waals surface area (Å²) in [6, 6.07) is 2.85. The first-order valence-electron chi connectivity index (χ1n) is 14.7. The van der Waals surface area contributed by atoms with Crippen LogP contribution in [0.1, 0.15) is 50.9 Å². The molecule has 10 nitrogen and oxygen atoms in total. The maximum absolute atomic E-state index is 17.2. The second-order valence-corrected chi connectivity index (χ2v) is 11.8. The number of carbonyl (C=O) groups excluding carboxylic acids is 1. The molecule has 1 atom stereocenters. The molecule has 1 saturated heterocycles. The molecule has 1 amide bonds. The fourth-order valence-corrected chi connectivity index (χ4v) is 6.30. The molecule has 0 saturated carbocycles. The molecule has 13 heteroatoms. The molecule has 234 valence electrons. The van der Waals surface area contributed by atoms with Gasteiger partial charge in [-0.15, -0.1) is 0 Å². The van der Waals surface area contributed by atoms with Crippen molar-refractivity contribution in [2.75, 3.05) is 36.4 Å². The number of halogens is 3. The summed E-state index contributed by atoms with van der Waals surface area (Å²) in [6.45, 7) is 11.8. The molecular weight excluding hydrogens is 587 g/mol. The molecule has 2 aliphatic heterocycles. The van der Waals surface area contributed by atoms with E-state index in [9.17, 15) is 14.7 Å². The highest BCUT2D eigenvalue weighted by molar-refractivity contribution is 6.05. The topological polar surface area (TPSA) is 116 Å². The van der Waals surface area contributed by atoms with Crippen molar-refractivity contribution < 1.29 is 23.1 Å². The van der Waals surface area contributed by atoms with E-state index in [0.29, 0.717) is 11.4 Å². The molecule has 0 aliphatic carbocycles. The number of rotatable bonds is 5. The lowest BCUT2D eigenvalue weighted by atomic mass is 9.97. The highest BCUT2D eigenvalue weighted by Gasteiger charge is 2.38. The normalized spacial score (nSPS) is 16.2. The predicted molar refractivity (Wildman–Crippen MR) is 164 cm³/mol. The van der Waals surface area contributed by atoms with Gasteiger partial charge in [0.25, 0.3) is 0 Å². The molecule has 2 N–H and O–H groups in total. The average molecular weight is 620 g/mol. The SMILES string of the molecule is C=CC(=O)N1CCN2c3nc(=O)n(-c4c(C(C)C)ncnc4C(C)C)c4c(F)c(-c5c(O)cccc5F)c(F)c(c34)NCC2C1. The Morgan fingerprint density at radius 2 is 1.76 bits per heavy atom. The number of hydrogen-bond acceptors (Lipinski definition) is 8. The number of aromatic nitrogens is 4. The summed E-state index contributed by atoms with van der Waals surface area (Å²) in [5, 5.41) is 13.7. The number of fused-ring (bicyclic) bond motifs is 2. The lowest BCUT2D eigenvalue weighted by Crippen LogP contribution is -2.57. The van der Waals surface area contributed by atoms with E-state index in [4.69, 9.17) is 0 Å². The number of carbonyl (C=O) groups is 1. The number of hydrogen-bond donors (Lipinski definition) is 2. The minimum atomic E-state index is -1.26. The van der Waals surface area contributed by atoms with Crippen LogP contribution in [0, 0.1) is 17.5 Å². The summed E-state index contributed by atoms with van der Waals surface area (Å²) in [7, 11) is 0. The Hall–Kier alpha value is -4.94. The van der Waals surface area contributed by atoms with Crippen LogP contribution in [0.25, 0.3) is 27.7 Å². The third-order valence-corrected chi connectivity index (χ3v) is 8.39. The number of nitrogens with one attached hydrogen (secondary N) is 1. The average Bonchev–Trinajstić information content (AvgIpc) is 3.16. The van der Waals surface area contributed by atoms with Crippen LogP contribution in [0.4, 0.5) is 24.7 Å². The van der Waals surface area contributed by atoms with Crippen LogP contribution in [-0.4, -0.2) is 67.7 Å². The Bertz CT molecular complexity index is 1900. The summed E-state index contributed by atoms with van der Waals surface area (Å²) in [4.78, 5) is 43.3. The Balaban J connectivity index is 1.78. The number of benzene rings is 2.